The number of aromatic nitrogens is 1. The number of benzene rings is 7. The Balaban J connectivity index is 0.913. The number of rotatable bonds is 11. The van der Waals surface area contributed by atoms with Crippen LogP contribution in [0.25, 0.3) is 49.3 Å². The zero-order valence-corrected chi connectivity index (χ0v) is 30.7. The van der Waals surface area contributed by atoms with Crippen molar-refractivity contribution in [2.24, 2.45) is 0 Å². The van der Waals surface area contributed by atoms with Crippen LogP contribution in [0.4, 0.5) is 5.69 Å². The van der Waals surface area contributed by atoms with Gasteiger partial charge in [-0.1, -0.05) is 151 Å². The highest BCUT2D eigenvalue weighted by molar-refractivity contribution is 8.04. The molecule has 0 saturated heterocycles. The second kappa shape index (κ2) is 15.4. The standard InChI is InChI=1S/C49H39N2O2S/c1(2-14-39-30-31-50(44-24-11-10-20-40(39)44)32-34-52-46-25-12-18-36-15-4-7-21-41(36)46)3-27-48-51(45-29-28-38-17-6-9-23-43(38)49(45)54-48)33-35-53-47-26-13-19-37-16-5-8-22-42(37)47/h1-31H,32-35H2/q+1. The van der Waals surface area contributed by atoms with E-state index in [1.165, 1.54) is 53.6 Å². The molecular formula is C49H39N2O2S+. The first-order chi connectivity index (χ1) is 26.8. The molecule has 0 N–H and O–H groups in total. The third-order valence-corrected chi connectivity index (χ3v) is 11.2. The summed E-state index contributed by atoms with van der Waals surface area (Å²) >= 11 is 1.83. The molecule has 2 heterocycles. The minimum Gasteiger partial charge on any atom is -0.491 e. The number of anilines is 1. The van der Waals surface area contributed by atoms with Gasteiger partial charge < -0.3 is 14.4 Å². The van der Waals surface area contributed by atoms with Gasteiger partial charge in [-0.15, -0.1) is 0 Å². The molecule has 1 aromatic heterocycles. The van der Waals surface area contributed by atoms with E-state index in [0.717, 1.165) is 35.4 Å². The topological polar surface area (TPSA) is 25.6 Å². The highest BCUT2D eigenvalue weighted by Crippen LogP contribution is 2.49. The average molecular weight is 720 g/mol. The van der Waals surface area contributed by atoms with E-state index in [9.17, 15) is 0 Å². The summed E-state index contributed by atoms with van der Waals surface area (Å²) in [5.74, 6) is 1.84. The Morgan fingerprint density at radius 1 is 0.537 bits per heavy atom. The Hall–Kier alpha value is -6.30. The summed E-state index contributed by atoms with van der Waals surface area (Å²) < 4.78 is 15.0. The molecule has 0 saturated carbocycles. The number of nitrogens with zero attached hydrogens (tertiary/aromatic N) is 2. The number of hydrogen-bond acceptors (Lipinski definition) is 4. The van der Waals surface area contributed by atoms with Gasteiger partial charge in [0.2, 0.25) is 5.52 Å². The van der Waals surface area contributed by atoms with E-state index in [2.05, 4.69) is 192 Å². The Bertz CT molecular complexity index is 2720. The summed E-state index contributed by atoms with van der Waals surface area (Å²) in [6.45, 7) is 2.64. The van der Waals surface area contributed by atoms with Crippen molar-refractivity contribution in [1.82, 2.24) is 0 Å². The predicted octanol–water partition coefficient (Wildman–Crippen LogP) is 11.8. The van der Waals surface area contributed by atoms with Gasteiger partial charge in [-0.25, -0.2) is 0 Å². The van der Waals surface area contributed by atoms with Gasteiger partial charge in [-0.05, 0) is 57.4 Å². The summed E-state index contributed by atoms with van der Waals surface area (Å²) in [6.07, 6.45) is 13.0. The lowest BCUT2D eigenvalue weighted by Crippen LogP contribution is -2.37. The average Bonchev–Trinajstić information content (AvgIpc) is 3.59. The molecule has 0 spiro atoms. The van der Waals surface area contributed by atoms with Crippen molar-refractivity contribution in [3.05, 3.63) is 193 Å². The van der Waals surface area contributed by atoms with Crippen molar-refractivity contribution in [1.29, 1.82) is 0 Å². The number of para-hydroxylation sites is 1. The molecule has 0 atom stereocenters. The maximum Gasteiger partial charge on any atom is 0.213 e. The maximum absolute atomic E-state index is 6.41. The molecule has 0 unspecified atom stereocenters. The monoisotopic (exact) mass is 719 g/mol. The molecule has 8 aromatic rings. The lowest BCUT2D eigenvalue weighted by molar-refractivity contribution is -0.672. The Morgan fingerprint density at radius 2 is 1.15 bits per heavy atom. The number of ether oxygens (including phenoxy) is 2. The summed E-state index contributed by atoms with van der Waals surface area (Å²) in [5.41, 5.74) is 3.58. The van der Waals surface area contributed by atoms with E-state index >= 15 is 0 Å². The van der Waals surface area contributed by atoms with Crippen LogP contribution in [0.15, 0.2) is 192 Å². The van der Waals surface area contributed by atoms with Crippen LogP contribution in [-0.4, -0.2) is 19.8 Å². The largest absolute Gasteiger partial charge is 0.491 e. The number of pyridine rings is 1. The molecule has 1 aliphatic heterocycles. The lowest BCUT2D eigenvalue weighted by atomic mass is 10.1. The number of hydrogen-bond donors (Lipinski definition) is 0. The summed E-state index contributed by atoms with van der Waals surface area (Å²) in [5, 5.41) is 9.58. The third kappa shape index (κ3) is 6.82. The Kier molecular flexibility index (Phi) is 9.53. The minimum absolute atomic E-state index is 0.568. The number of fused-ring (bicyclic) bond motifs is 6. The van der Waals surface area contributed by atoms with E-state index < -0.39 is 0 Å². The SMILES string of the molecule is C(=CC=C1Sc2c(ccc3ccccc23)N1CCOc1cccc2ccccc12)C=Cc1cc[n+](CCOc2cccc3ccccc23)c2ccccc12. The first-order valence-electron chi connectivity index (χ1n) is 18.4. The van der Waals surface area contributed by atoms with E-state index in [1.54, 1.807) is 0 Å². The van der Waals surface area contributed by atoms with Crippen LogP contribution in [0.5, 0.6) is 11.5 Å². The first-order valence-corrected chi connectivity index (χ1v) is 19.3. The van der Waals surface area contributed by atoms with Gasteiger partial charge in [0.15, 0.2) is 12.7 Å². The molecule has 0 radical (unpaired) electrons. The molecule has 0 fully saturated rings. The van der Waals surface area contributed by atoms with Crippen molar-refractivity contribution in [2.75, 3.05) is 24.7 Å². The van der Waals surface area contributed by atoms with E-state index in [0.29, 0.717) is 13.2 Å². The lowest BCUT2D eigenvalue weighted by Gasteiger charge is -2.21. The fourth-order valence-corrected chi connectivity index (χ4v) is 8.57. The zero-order valence-electron chi connectivity index (χ0n) is 29.8. The second-order valence-electron chi connectivity index (χ2n) is 13.3. The van der Waals surface area contributed by atoms with E-state index in [-0.39, 0.29) is 0 Å². The van der Waals surface area contributed by atoms with Gasteiger partial charge in [-0.3, -0.25) is 0 Å². The molecule has 5 heteroatoms. The molecule has 9 rings (SSSR count). The predicted molar refractivity (Wildman–Crippen MR) is 226 cm³/mol. The van der Waals surface area contributed by atoms with Crippen molar-refractivity contribution < 1.29 is 14.0 Å². The van der Waals surface area contributed by atoms with Crippen LogP contribution in [0.2, 0.25) is 0 Å². The molecule has 1 aliphatic rings. The van der Waals surface area contributed by atoms with Crippen molar-refractivity contribution in [3.8, 4) is 11.5 Å². The highest BCUT2D eigenvalue weighted by Gasteiger charge is 2.26. The summed E-state index contributed by atoms with van der Waals surface area (Å²) in [6, 6.07) is 53.1. The fourth-order valence-electron chi connectivity index (χ4n) is 7.34. The van der Waals surface area contributed by atoms with E-state index in [4.69, 9.17) is 9.47 Å². The molecule has 0 amide bonds. The molecular weight excluding hydrogens is 681 g/mol. The summed E-state index contributed by atoms with van der Waals surface area (Å²) in [4.78, 5) is 3.68. The fraction of sp³-hybridized carbons (Fsp3) is 0.0816. The molecule has 262 valence electrons. The van der Waals surface area contributed by atoms with Crippen LogP contribution in [0.3, 0.4) is 0 Å². The third-order valence-electron chi connectivity index (χ3n) is 9.98. The van der Waals surface area contributed by atoms with Gasteiger partial charge in [-0.2, -0.15) is 4.57 Å². The second-order valence-corrected chi connectivity index (χ2v) is 14.3. The molecule has 4 nitrogen and oxygen atoms in total. The minimum atomic E-state index is 0.568. The van der Waals surface area contributed by atoms with Crippen LogP contribution in [-0.2, 0) is 6.54 Å². The maximum atomic E-state index is 6.41. The quantitative estimate of drug-likeness (QED) is 0.0982. The van der Waals surface area contributed by atoms with Crippen LogP contribution in [0.1, 0.15) is 5.56 Å². The molecule has 0 bridgehead atoms. The van der Waals surface area contributed by atoms with Gasteiger partial charge in [0, 0.05) is 27.8 Å². The van der Waals surface area contributed by atoms with Crippen LogP contribution >= 0.6 is 11.8 Å². The molecule has 0 aliphatic carbocycles. The normalized spacial score (nSPS) is 13.6. The Morgan fingerprint density at radius 3 is 1.89 bits per heavy atom. The van der Waals surface area contributed by atoms with Crippen LogP contribution in [0, 0.1) is 0 Å². The van der Waals surface area contributed by atoms with Crippen molar-refractivity contribution in [3.63, 3.8) is 0 Å². The summed E-state index contributed by atoms with van der Waals surface area (Å²) in [7, 11) is 0. The van der Waals surface area contributed by atoms with Gasteiger partial charge in [0.1, 0.15) is 24.7 Å². The van der Waals surface area contributed by atoms with E-state index in [1.807, 2.05) is 17.8 Å². The molecule has 7 aromatic carbocycles. The zero-order chi connectivity index (χ0) is 36.1. The first kappa shape index (κ1) is 33.5. The van der Waals surface area contributed by atoms with Gasteiger partial charge in [0.25, 0.3) is 0 Å². The van der Waals surface area contributed by atoms with Gasteiger partial charge in [0.05, 0.1) is 22.6 Å². The smallest absolute Gasteiger partial charge is 0.213 e. The number of thioether (sulfide) groups is 1. The van der Waals surface area contributed by atoms with Crippen molar-refractivity contribution >= 4 is 66.7 Å². The van der Waals surface area contributed by atoms with Gasteiger partial charge >= 0.3 is 0 Å². The highest BCUT2D eigenvalue weighted by atomic mass is 32.2. The Labute approximate surface area is 319 Å². The molecule has 54 heavy (non-hydrogen) atoms. The van der Waals surface area contributed by atoms with Crippen LogP contribution < -0.4 is 18.9 Å². The van der Waals surface area contributed by atoms with Crippen molar-refractivity contribution in [2.45, 2.75) is 11.4 Å². The number of allylic oxidation sites excluding steroid dienone is 4.